The number of phenolic OH excluding ortho intramolecular Hbond substituents is 2. The molecule has 0 aliphatic rings. The number of carbonyl (C=O) groups is 3. The summed E-state index contributed by atoms with van der Waals surface area (Å²) in [5.74, 6) is -1.15. The molecule has 2 rings (SSSR count). The fourth-order valence-corrected chi connectivity index (χ4v) is 3.21. The maximum Gasteiger partial charge on any atom is 0.323 e. The minimum atomic E-state index is -0.961. The zero-order chi connectivity index (χ0) is 26.7. The van der Waals surface area contributed by atoms with Gasteiger partial charge in [-0.25, -0.2) is 0 Å². The number of aromatic hydroxyl groups is 2. The van der Waals surface area contributed by atoms with Crippen molar-refractivity contribution >= 4 is 29.7 Å². The summed E-state index contributed by atoms with van der Waals surface area (Å²) < 4.78 is 15.2. The van der Waals surface area contributed by atoms with Gasteiger partial charge in [-0.05, 0) is 65.9 Å². The van der Waals surface area contributed by atoms with Crippen molar-refractivity contribution in [2.45, 2.75) is 32.2 Å². The van der Waals surface area contributed by atoms with E-state index in [9.17, 15) is 24.6 Å². The Morgan fingerprint density at radius 2 is 1.58 bits per heavy atom. The van der Waals surface area contributed by atoms with Gasteiger partial charge < -0.3 is 30.2 Å². The number of hydrogen-bond donors (Lipinski definition) is 3. The van der Waals surface area contributed by atoms with Crippen molar-refractivity contribution in [1.82, 2.24) is 0 Å². The minimum Gasteiger partial charge on any atom is -0.504 e. The number of methoxy groups -OCH3 is 2. The molecule has 192 valence electrons. The average molecular weight is 498 g/mol. The van der Waals surface area contributed by atoms with Crippen LogP contribution in [0.25, 0.3) is 12.2 Å². The lowest BCUT2D eigenvalue weighted by Crippen LogP contribution is -2.34. The summed E-state index contributed by atoms with van der Waals surface area (Å²) in [6.45, 7) is 2.12. The minimum absolute atomic E-state index is 0.0228. The van der Waals surface area contributed by atoms with Gasteiger partial charge in [0.25, 0.3) is 0 Å². The van der Waals surface area contributed by atoms with Crippen LogP contribution in [0.15, 0.2) is 42.5 Å². The van der Waals surface area contributed by atoms with Crippen LogP contribution < -0.4 is 15.2 Å². The summed E-state index contributed by atoms with van der Waals surface area (Å²) >= 11 is 0. The number of benzene rings is 2. The normalized spacial score (nSPS) is 12.0. The molecule has 0 heterocycles. The number of hydrogen-bond acceptors (Lipinski definition) is 9. The van der Waals surface area contributed by atoms with Crippen LogP contribution in [0.3, 0.4) is 0 Å². The Bertz CT molecular complexity index is 1150. The van der Waals surface area contributed by atoms with E-state index in [4.69, 9.17) is 19.9 Å². The van der Waals surface area contributed by atoms with E-state index in [1.165, 1.54) is 56.7 Å². The van der Waals surface area contributed by atoms with E-state index in [0.717, 1.165) is 0 Å². The molecule has 0 saturated carbocycles. The van der Waals surface area contributed by atoms with E-state index in [0.29, 0.717) is 23.1 Å². The van der Waals surface area contributed by atoms with E-state index in [1.807, 2.05) is 6.92 Å². The highest BCUT2D eigenvalue weighted by Gasteiger charge is 2.19. The van der Waals surface area contributed by atoms with Crippen LogP contribution in [0.4, 0.5) is 0 Å². The van der Waals surface area contributed by atoms with Crippen molar-refractivity contribution in [3.8, 4) is 23.0 Å². The number of esters is 1. The Morgan fingerprint density at radius 3 is 2.22 bits per heavy atom. The predicted molar refractivity (Wildman–Crippen MR) is 135 cm³/mol. The maximum absolute atomic E-state index is 12.4. The number of phenols is 2. The molecule has 2 aromatic rings. The first-order valence-corrected chi connectivity index (χ1v) is 11.3. The van der Waals surface area contributed by atoms with Crippen molar-refractivity contribution < 1.29 is 38.8 Å². The molecule has 0 aromatic heterocycles. The van der Waals surface area contributed by atoms with E-state index in [1.54, 1.807) is 12.1 Å². The standard InChI is InChI=1S/C27H31NO8/c1-4-11-36-27(33)22(28)13-19-14-24(32)26(35-3)15-18(19)7-9-21(30)16-20(29)8-5-17-6-10-23(31)25(12-17)34-2/h5-10,12,14-15,22,31-32H,4,11,13,16,28H2,1-3H3/b8-5+,9-7+/t22-/m0/s1. The molecule has 9 heteroatoms. The second-order valence-corrected chi connectivity index (χ2v) is 7.91. The number of rotatable bonds is 13. The molecule has 0 aliphatic carbocycles. The Hall–Kier alpha value is -4.11. The molecule has 0 spiro atoms. The predicted octanol–water partition coefficient (Wildman–Crippen LogP) is 3.19. The van der Waals surface area contributed by atoms with Crippen LogP contribution in [-0.2, 0) is 25.5 Å². The molecule has 0 aliphatic heterocycles. The number of nitrogens with two attached hydrogens (primary N) is 1. The second-order valence-electron chi connectivity index (χ2n) is 7.91. The van der Waals surface area contributed by atoms with E-state index in [-0.39, 0.29) is 42.4 Å². The first kappa shape index (κ1) is 28.1. The summed E-state index contributed by atoms with van der Waals surface area (Å²) in [5, 5.41) is 19.8. The van der Waals surface area contributed by atoms with Gasteiger partial charge in [0, 0.05) is 0 Å². The van der Waals surface area contributed by atoms with Crippen LogP contribution in [0.5, 0.6) is 23.0 Å². The van der Waals surface area contributed by atoms with Crippen molar-refractivity contribution in [3.63, 3.8) is 0 Å². The van der Waals surface area contributed by atoms with Gasteiger partial charge in [0.2, 0.25) is 0 Å². The molecule has 36 heavy (non-hydrogen) atoms. The molecule has 4 N–H and O–H groups in total. The van der Waals surface area contributed by atoms with Gasteiger partial charge in [0.15, 0.2) is 34.6 Å². The zero-order valence-corrected chi connectivity index (χ0v) is 20.5. The van der Waals surface area contributed by atoms with E-state index < -0.39 is 23.6 Å². The summed E-state index contributed by atoms with van der Waals surface area (Å²) in [4.78, 5) is 36.7. The number of allylic oxidation sites excluding steroid dienone is 2. The Labute approximate surface area is 209 Å². The molecule has 9 nitrogen and oxygen atoms in total. The van der Waals surface area contributed by atoms with E-state index >= 15 is 0 Å². The summed E-state index contributed by atoms with van der Waals surface area (Å²) in [7, 11) is 2.80. The Morgan fingerprint density at radius 1 is 0.944 bits per heavy atom. The maximum atomic E-state index is 12.4. The molecule has 0 unspecified atom stereocenters. The second kappa shape index (κ2) is 13.7. The van der Waals surface area contributed by atoms with Gasteiger partial charge >= 0.3 is 5.97 Å². The largest absolute Gasteiger partial charge is 0.504 e. The third kappa shape index (κ3) is 8.28. The van der Waals surface area contributed by atoms with Crippen LogP contribution in [0, 0.1) is 0 Å². The van der Waals surface area contributed by atoms with Crippen molar-refractivity contribution in [2.75, 3.05) is 20.8 Å². The first-order valence-electron chi connectivity index (χ1n) is 11.3. The molecule has 0 saturated heterocycles. The Kier molecular flexibility index (Phi) is 10.7. The highest BCUT2D eigenvalue weighted by Crippen LogP contribution is 2.31. The quantitative estimate of drug-likeness (QED) is 0.216. The third-order valence-corrected chi connectivity index (χ3v) is 5.09. The lowest BCUT2D eigenvalue weighted by Gasteiger charge is -2.15. The van der Waals surface area contributed by atoms with Crippen molar-refractivity contribution in [1.29, 1.82) is 0 Å². The molecule has 0 bridgehead atoms. The van der Waals surface area contributed by atoms with E-state index in [2.05, 4.69) is 0 Å². The molecular weight excluding hydrogens is 466 g/mol. The summed E-state index contributed by atoms with van der Waals surface area (Å²) in [6.07, 6.45) is 5.87. The lowest BCUT2D eigenvalue weighted by molar-refractivity contribution is -0.145. The van der Waals surface area contributed by atoms with Crippen LogP contribution in [-0.4, -0.2) is 54.6 Å². The Balaban J connectivity index is 2.12. The van der Waals surface area contributed by atoms with Crippen LogP contribution >= 0.6 is 0 Å². The summed E-state index contributed by atoms with van der Waals surface area (Å²) in [5.41, 5.74) is 7.58. The molecule has 2 aromatic carbocycles. The molecule has 0 fully saturated rings. The highest BCUT2D eigenvalue weighted by atomic mass is 16.5. The lowest BCUT2D eigenvalue weighted by atomic mass is 9.98. The topological polar surface area (TPSA) is 145 Å². The van der Waals surface area contributed by atoms with Crippen LogP contribution in [0.1, 0.15) is 36.5 Å². The van der Waals surface area contributed by atoms with Gasteiger partial charge in [0.05, 0.1) is 27.2 Å². The number of ketones is 2. The van der Waals surface area contributed by atoms with Crippen molar-refractivity contribution in [3.05, 3.63) is 59.2 Å². The average Bonchev–Trinajstić information content (AvgIpc) is 2.86. The molecule has 0 radical (unpaired) electrons. The highest BCUT2D eigenvalue weighted by molar-refractivity contribution is 6.11. The first-order chi connectivity index (χ1) is 17.2. The van der Waals surface area contributed by atoms with Gasteiger partial charge in [-0.2, -0.15) is 0 Å². The third-order valence-electron chi connectivity index (χ3n) is 5.09. The summed E-state index contributed by atoms with van der Waals surface area (Å²) in [6, 6.07) is 6.57. The van der Waals surface area contributed by atoms with Gasteiger partial charge in [-0.3, -0.25) is 14.4 Å². The van der Waals surface area contributed by atoms with Gasteiger partial charge in [0.1, 0.15) is 6.04 Å². The van der Waals surface area contributed by atoms with Crippen molar-refractivity contribution in [2.24, 2.45) is 5.73 Å². The van der Waals surface area contributed by atoms with Gasteiger partial charge in [-0.1, -0.05) is 25.1 Å². The fourth-order valence-electron chi connectivity index (χ4n) is 3.21. The molecular formula is C27H31NO8. The SMILES string of the molecule is CCCOC(=O)[C@@H](N)Cc1cc(O)c(OC)cc1/C=C/C(=O)CC(=O)/C=C/c1ccc(O)c(OC)c1. The number of carbonyl (C=O) groups excluding carboxylic acids is 3. The van der Waals surface area contributed by atoms with Gasteiger partial charge in [-0.15, -0.1) is 0 Å². The zero-order valence-electron chi connectivity index (χ0n) is 20.5. The monoisotopic (exact) mass is 497 g/mol. The fraction of sp³-hybridized carbons (Fsp3) is 0.296. The smallest absolute Gasteiger partial charge is 0.323 e. The molecule has 0 amide bonds. The van der Waals surface area contributed by atoms with Crippen LogP contribution in [0.2, 0.25) is 0 Å². The number of ether oxygens (including phenoxy) is 3. The molecule has 1 atom stereocenters.